The number of benzene rings is 9. The summed E-state index contributed by atoms with van der Waals surface area (Å²) in [5, 5.41) is 0. The van der Waals surface area contributed by atoms with Crippen LogP contribution >= 0.6 is 0 Å². The predicted octanol–water partition coefficient (Wildman–Crippen LogP) is 15.3. The van der Waals surface area contributed by atoms with Gasteiger partial charge in [0.25, 0.3) is 0 Å². The van der Waals surface area contributed by atoms with Crippen LogP contribution in [0, 0.1) is 0 Å². The highest BCUT2D eigenvalue weighted by Gasteiger charge is 2.26. The summed E-state index contributed by atoms with van der Waals surface area (Å²) in [6, 6.07) is 84.6. The Hall–Kier alpha value is -9.59. The van der Waals surface area contributed by atoms with E-state index in [1.807, 2.05) is 48.7 Å². The zero-order valence-corrected chi connectivity index (χ0v) is 37.8. The van der Waals surface area contributed by atoms with Gasteiger partial charge in [-0.05, 0) is 69.3 Å². The van der Waals surface area contributed by atoms with E-state index < -0.39 is 0 Å². The van der Waals surface area contributed by atoms with Crippen molar-refractivity contribution < 1.29 is 0 Å². The quantitative estimate of drug-likeness (QED) is 0.144. The summed E-state index contributed by atoms with van der Waals surface area (Å²) < 4.78 is 4.60. The molecule has 13 aromatic rings. The summed E-state index contributed by atoms with van der Waals surface area (Å²) in [7, 11) is 0. The molecule has 328 valence electrons. The number of nitrogens with zero attached hydrogens (tertiary/aromatic N) is 7. The fourth-order valence-corrected chi connectivity index (χ4v) is 9.63. The summed E-state index contributed by atoms with van der Waals surface area (Å²) in [5.41, 5.74) is 17.9. The molecule has 0 fully saturated rings. The number of rotatable bonds is 9. The Labute approximate surface area is 404 Å². The van der Waals surface area contributed by atoms with Gasteiger partial charge in [0, 0.05) is 39.6 Å². The van der Waals surface area contributed by atoms with E-state index in [1.165, 1.54) is 0 Å². The number of fused-ring (bicyclic) bond motifs is 5. The Balaban J connectivity index is 1.10. The molecule has 0 aliphatic rings. The third-order valence-corrected chi connectivity index (χ3v) is 13.0. The van der Waals surface area contributed by atoms with Crippen molar-refractivity contribution in [2.75, 3.05) is 0 Å². The van der Waals surface area contributed by atoms with Gasteiger partial charge in [0.1, 0.15) is 0 Å². The van der Waals surface area contributed by atoms with Gasteiger partial charge in [0.15, 0.2) is 23.1 Å². The Morgan fingerprint density at radius 1 is 0.271 bits per heavy atom. The highest BCUT2D eigenvalue weighted by atomic mass is 15.2. The minimum Gasteiger partial charge on any atom is -0.277 e. The molecular formula is C63H41N7. The maximum atomic E-state index is 5.41. The molecule has 7 nitrogen and oxygen atoms in total. The van der Waals surface area contributed by atoms with Crippen LogP contribution in [0.1, 0.15) is 0 Å². The van der Waals surface area contributed by atoms with Gasteiger partial charge in [-0.25, -0.2) is 19.9 Å². The van der Waals surface area contributed by atoms with Gasteiger partial charge in [0.2, 0.25) is 5.78 Å². The van der Waals surface area contributed by atoms with Crippen molar-refractivity contribution in [3.8, 4) is 95.5 Å². The second-order valence-corrected chi connectivity index (χ2v) is 17.4. The third-order valence-electron chi connectivity index (χ3n) is 13.0. The molecule has 4 aromatic heterocycles. The Morgan fingerprint density at radius 2 is 0.657 bits per heavy atom. The van der Waals surface area contributed by atoms with Gasteiger partial charge in [-0.2, -0.15) is 4.98 Å². The van der Waals surface area contributed by atoms with Crippen molar-refractivity contribution in [1.29, 1.82) is 0 Å². The molecule has 0 unspecified atom stereocenters. The molecule has 0 aliphatic heterocycles. The van der Waals surface area contributed by atoms with Gasteiger partial charge in [-0.15, -0.1) is 0 Å². The highest BCUT2D eigenvalue weighted by Crippen LogP contribution is 2.43. The number of imidazole rings is 2. The van der Waals surface area contributed by atoms with E-state index in [2.05, 4.69) is 209 Å². The fourth-order valence-electron chi connectivity index (χ4n) is 9.63. The molecule has 0 N–H and O–H groups in total. The molecule has 0 amide bonds. The largest absolute Gasteiger partial charge is 0.277 e. The van der Waals surface area contributed by atoms with Crippen LogP contribution in [-0.4, -0.2) is 33.9 Å². The summed E-state index contributed by atoms with van der Waals surface area (Å²) in [5.74, 6) is 2.51. The van der Waals surface area contributed by atoms with E-state index in [0.717, 1.165) is 100 Å². The first-order valence-corrected chi connectivity index (χ1v) is 23.4. The molecule has 0 saturated heterocycles. The van der Waals surface area contributed by atoms with E-state index in [1.54, 1.807) is 0 Å². The van der Waals surface area contributed by atoms with Crippen molar-refractivity contribution >= 4 is 28.0 Å². The van der Waals surface area contributed by atoms with Crippen LogP contribution in [0.3, 0.4) is 0 Å². The molecule has 0 spiro atoms. The molecule has 0 aliphatic carbocycles. The lowest BCUT2D eigenvalue weighted by Crippen LogP contribution is -2.04. The van der Waals surface area contributed by atoms with Crippen molar-refractivity contribution in [1.82, 2.24) is 33.9 Å². The molecule has 70 heavy (non-hydrogen) atoms. The summed E-state index contributed by atoms with van der Waals surface area (Å²) in [4.78, 5) is 26.1. The zero-order valence-electron chi connectivity index (χ0n) is 37.8. The smallest absolute Gasteiger partial charge is 0.222 e. The highest BCUT2D eigenvalue weighted by molar-refractivity contribution is 5.99. The van der Waals surface area contributed by atoms with Gasteiger partial charge in [0.05, 0.1) is 22.2 Å². The average Bonchev–Trinajstić information content (AvgIpc) is 3.98. The number of hydrogen-bond donors (Lipinski definition) is 0. The monoisotopic (exact) mass is 895 g/mol. The molecule has 0 radical (unpaired) electrons. The van der Waals surface area contributed by atoms with Crippen LogP contribution in [0.15, 0.2) is 249 Å². The van der Waals surface area contributed by atoms with Crippen LogP contribution in [0.5, 0.6) is 0 Å². The summed E-state index contributed by atoms with van der Waals surface area (Å²) in [6.07, 6.45) is 1.93. The fraction of sp³-hybridized carbons (Fsp3) is 0. The molecule has 0 atom stereocenters. The summed E-state index contributed by atoms with van der Waals surface area (Å²) in [6.45, 7) is 0. The maximum Gasteiger partial charge on any atom is 0.222 e. The van der Waals surface area contributed by atoms with Crippen LogP contribution in [0.4, 0.5) is 0 Å². The second-order valence-electron chi connectivity index (χ2n) is 17.4. The number of hydrogen-bond acceptors (Lipinski definition) is 5. The van der Waals surface area contributed by atoms with E-state index in [9.17, 15) is 0 Å². The van der Waals surface area contributed by atoms with Crippen LogP contribution in [0.25, 0.3) is 123 Å². The number of aromatic nitrogens is 7. The predicted molar refractivity (Wildman–Crippen MR) is 284 cm³/mol. The lowest BCUT2D eigenvalue weighted by Gasteiger charge is -2.20. The van der Waals surface area contributed by atoms with E-state index in [-0.39, 0.29) is 0 Å². The molecule has 9 aromatic carbocycles. The Morgan fingerprint density at radius 3 is 1.19 bits per heavy atom. The van der Waals surface area contributed by atoms with Gasteiger partial charge in [-0.3, -0.25) is 8.97 Å². The van der Waals surface area contributed by atoms with Gasteiger partial charge < -0.3 is 0 Å². The first kappa shape index (κ1) is 40.7. The van der Waals surface area contributed by atoms with Crippen molar-refractivity contribution in [2.45, 2.75) is 0 Å². The van der Waals surface area contributed by atoms with Crippen molar-refractivity contribution in [3.63, 3.8) is 0 Å². The SMILES string of the molecule is c1ccc(-c2ccc(-c3nc(-c4ccccc4)nc(-c4cc(-c5ccccc5)c(-n5c6ccc(-c7ccccc7)cc6n6c7cc(-c8ccccc8)cnc7nc56)c(-c5ccccc5)c4)n3)cc2)cc1. The molecule has 0 bridgehead atoms. The van der Waals surface area contributed by atoms with Gasteiger partial charge in [-0.1, -0.05) is 212 Å². The van der Waals surface area contributed by atoms with E-state index in [0.29, 0.717) is 23.1 Å². The van der Waals surface area contributed by atoms with Crippen LogP contribution in [-0.2, 0) is 0 Å². The molecular weight excluding hydrogens is 855 g/mol. The zero-order chi connectivity index (χ0) is 46.4. The van der Waals surface area contributed by atoms with Crippen molar-refractivity contribution in [2.24, 2.45) is 0 Å². The first-order valence-electron chi connectivity index (χ1n) is 23.4. The van der Waals surface area contributed by atoms with Crippen molar-refractivity contribution in [3.05, 3.63) is 249 Å². The third kappa shape index (κ3) is 7.30. The minimum atomic E-state index is 0.566. The molecule has 7 heteroatoms. The molecule has 0 saturated carbocycles. The average molecular weight is 896 g/mol. The molecule has 4 heterocycles. The topological polar surface area (TPSA) is 73.8 Å². The second kappa shape index (κ2) is 17.2. The van der Waals surface area contributed by atoms with Crippen LogP contribution < -0.4 is 0 Å². The standard InChI is InChI=1S/C63H41N7/c1-7-19-42(20-8-1)45-31-33-49(34-32-45)60-65-59(48-29-17-6-18-30-48)66-61(67-60)51-37-53(46-25-13-4-14-26-46)58(54(38-51)47-27-15-5-16-28-47)70-55-36-35-50(43-21-9-2-10-22-43)39-56(55)69-57-40-52(44-23-11-3-12-24-44)41-64-62(57)68-63(69)70/h1-41H. The first-order chi connectivity index (χ1) is 34.7. The summed E-state index contributed by atoms with van der Waals surface area (Å²) >= 11 is 0. The Kier molecular flexibility index (Phi) is 10.0. The van der Waals surface area contributed by atoms with Crippen LogP contribution in [0.2, 0.25) is 0 Å². The lowest BCUT2D eigenvalue weighted by molar-refractivity contribution is 1.07. The normalized spacial score (nSPS) is 11.4. The van der Waals surface area contributed by atoms with E-state index in [4.69, 9.17) is 24.9 Å². The number of pyridine rings is 1. The van der Waals surface area contributed by atoms with E-state index >= 15 is 0 Å². The van der Waals surface area contributed by atoms with Gasteiger partial charge >= 0.3 is 0 Å². The minimum absolute atomic E-state index is 0.566. The molecule has 13 rings (SSSR count). The Bertz CT molecular complexity index is 3940. The lowest BCUT2D eigenvalue weighted by atomic mass is 9.92. The maximum absolute atomic E-state index is 5.41.